The molecule has 0 bridgehead atoms. The molecule has 6 nitrogen and oxygen atoms in total. The van der Waals surface area contributed by atoms with Gasteiger partial charge in [-0.3, -0.25) is 4.79 Å². The summed E-state index contributed by atoms with van der Waals surface area (Å²) in [7, 11) is 0. The van der Waals surface area contributed by atoms with Gasteiger partial charge in [-0.2, -0.15) is 5.10 Å². The molecule has 0 atom stereocenters. The van der Waals surface area contributed by atoms with E-state index in [4.69, 9.17) is 0 Å². The minimum Gasteiger partial charge on any atom is -0.339 e. The molecule has 1 fully saturated rings. The molecular weight excluding hydrogens is 408 g/mol. The molecule has 1 aromatic heterocycles. The SMILES string of the molecule is O=C(c1ccccc1Br)N1CCC(c2n[nH]c(=O)n2-c2ccccc2)CC1. The minimum absolute atomic E-state index is 0.0309. The van der Waals surface area contributed by atoms with E-state index in [1.807, 2.05) is 59.5 Å². The third kappa shape index (κ3) is 3.47. The van der Waals surface area contributed by atoms with Gasteiger partial charge in [-0.05, 0) is 53.0 Å². The number of carbonyl (C=O) groups is 1. The number of amides is 1. The molecule has 0 aliphatic carbocycles. The highest BCUT2D eigenvalue weighted by Crippen LogP contribution is 2.29. The number of hydrogen-bond donors (Lipinski definition) is 1. The Morgan fingerprint density at radius 2 is 1.70 bits per heavy atom. The second-order valence-corrected chi connectivity index (χ2v) is 7.46. The Bertz CT molecular complexity index is 1000. The number of hydrogen-bond acceptors (Lipinski definition) is 3. The predicted molar refractivity (Wildman–Crippen MR) is 106 cm³/mol. The van der Waals surface area contributed by atoms with E-state index in [1.54, 1.807) is 4.57 Å². The lowest BCUT2D eigenvalue weighted by Crippen LogP contribution is -2.38. The van der Waals surface area contributed by atoms with Gasteiger partial charge >= 0.3 is 5.69 Å². The maximum absolute atomic E-state index is 12.8. The molecule has 0 saturated carbocycles. The van der Waals surface area contributed by atoms with Crippen molar-refractivity contribution in [3.63, 3.8) is 0 Å². The van der Waals surface area contributed by atoms with Gasteiger partial charge in [0, 0.05) is 23.5 Å². The number of aromatic amines is 1. The van der Waals surface area contributed by atoms with E-state index in [1.165, 1.54) is 0 Å². The standard InChI is InChI=1S/C20H19BrN4O2/c21-17-9-5-4-8-16(17)19(26)24-12-10-14(11-13-24)18-22-23-20(27)25(18)15-6-2-1-3-7-15/h1-9,14H,10-13H2,(H,23,27). The third-order valence-electron chi connectivity index (χ3n) is 4.96. The van der Waals surface area contributed by atoms with Crippen LogP contribution < -0.4 is 5.69 Å². The molecule has 7 heteroatoms. The predicted octanol–water partition coefficient (Wildman–Crippen LogP) is 3.34. The summed E-state index contributed by atoms with van der Waals surface area (Å²) >= 11 is 3.45. The monoisotopic (exact) mass is 426 g/mol. The molecular formula is C20H19BrN4O2. The lowest BCUT2D eigenvalue weighted by atomic mass is 9.95. The van der Waals surface area contributed by atoms with Crippen LogP contribution in [0.1, 0.15) is 34.9 Å². The fraction of sp³-hybridized carbons (Fsp3) is 0.250. The molecule has 138 valence electrons. The lowest BCUT2D eigenvalue weighted by Gasteiger charge is -2.31. The summed E-state index contributed by atoms with van der Waals surface area (Å²) in [5, 5.41) is 6.84. The van der Waals surface area contributed by atoms with Gasteiger partial charge in [-0.15, -0.1) is 0 Å². The highest BCUT2D eigenvalue weighted by Gasteiger charge is 2.29. The summed E-state index contributed by atoms with van der Waals surface area (Å²) < 4.78 is 2.44. The van der Waals surface area contributed by atoms with Gasteiger partial charge in [0.15, 0.2) is 0 Å². The third-order valence-corrected chi connectivity index (χ3v) is 5.66. The van der Waals surface area contributed by atoms with E-state index in [0.29, 0.717) is 18.7 Å². The van der Waals surface area contributed by atoms with E-state index in [0.717, 1.165) is 28.8 Å². The summed E-state index contributed by atoms with van der Waals surface area (Å²) in [5.41, 5.74) is 1.25. The van der Waals surface area contributed by atoms with Crippen LogP contribution in [-0.4, -0.2) is 38.7 Å². The Hall–Kier alpha value is -2.67. The van der Waals surface area contributed by atoms with Crippen molar-refractivity contribution in [1.82, 2.24) is 19.7 Å². The smallest absolute Gasteiger partial charge is 0.339 e. The second kappa shape index (κ2) is 7.52. The molecule has 2 heterocycles. The molecule has 1 saturated heterocycles. The van der Waals surface area contributed by atoms with Crippen LogP contribution in [0, 0.1) is 0 Å². The summed E-state index contributed by atoms with van der Waals surface area (Å²) in [4.78, 5) is 26.9. The first-order valence-electron chi connectivity index (χ1n) is 8.91. The maximum atomic E-state index is 12.8. The summed E-state index contributed by atoms with van der Waals surface area (Å²) in [6, 6.07) is 17.0. The quantitative estimate of drug-likeness (QED) is 0.697. The fourth-order valence-corrected chi connectivity index (χ4v) is 4.01. The summed E-state index contributed by atoms with van der Waals surface area (Å²) in [6.07, 6.45) is 1.54. The zero-order chi connectivity index (χ0) is 18.8. The maximum Gasteiger partial charge on any atom is 0.347 e. The fourth-order valence-electron chi connectivity index (χ4n) is 3.56. The molecule has 0 unspecified atom stereocenters. The van der Waals surface area contributed by atoms with Gasteiger partial charge in [0.05, 0.1) is 11.3 Å². The van der Waals surface area contributed by atoms with Crippen LogP contribution in [-0.2, 0) is 0 Å². The Labute approximate surface area is 165 Å². The van der Waals surface area contributed by atoms with Crippen LogP contribution in [0.2, 0.25) is 0 Å². The lowest BCUT2D eigenvalue weighted by molar-refractivity contribution is 0.0709. The van der Waals surface area contributed by atoms with Crippen molar-refractivity contribution in [2.45, 2.75) is 18.8 Å². The first-order valence-corrected chi connectivity index (χ1v) is 9.71. The number of likely N-dealkylation sites (tertiary alicyclic amines) is 1. The number of benzene rings is 2. The van der Waals surface area contributed by atoms with Crippen molar-refractivity contribution in [3.05, 3.63) is 80.9 Å². The summed E-state index contributed by atoms with van der Waals surface area (Å²) in [6.45, 7) is 1.28. The van der Waals surface area contributed by atoms with Gasteiger partial charge in [-0.1, -0.05) is 30.3 Å². The first kappa shape index (κ1) is 17.7. The van der Waals surface area contributed by atoms with Crippen molar-refractivity contribution < 1.29 is 4.79 Å². The highest BCUT2D eigenvalue weighted by molar-refractivity contribution is 9.10. The van der Waals surface area contributed by atoms with E-state index in [-0.39, 0.29) is 17.5 Å². The number of piperidine rings is 1. The van der Waals surface area contributed by atoms with Crippen molar-refractivity contribution in [2.75, 3.05) is 13.1 Å². The molecule has 3 aromatic rings. The molecule has 1 amide bonds. The van der Waals surface area contributed by atoms with E-state index in [2.05, 4.69) is 26.1 Å². The number of aromatic nitrogens is 3. The zero-order valence-electron chi connectivity index (χ0n) is 14.6. The molecule has 4 rings (SSSR count). The van der Waals surface area contributed by atoms with Gasteiger partial charge in [0.1, 0.15) is 5.82 Å². The second-order valence-electron chi connectivity index (χ2n) is 6.60. The Morgan fingerprint density at radius 1 is 1.04 bits per heavy atom. The van der Waals surface area contributed by atoms with Gasteiger partial charge in [-0.25, -0.2) is 14.5 Å². The van der Waals surface area contributed by atoms with Crippen LogP contribution >= 0.6 is 15.9 Å². The van der Waals surface area contributed by atoms with E-state index in [9.17, 15) is 9.59 Å². The van der Waals surface area contributed by atoms with Crippen molar-refractivity contribution in [2.24, 2.45) is 0 Å². The number of H-pyrrole nitrogens is 1. The first-order chi connectivity index (χ1) is 13.1. The minimum atomic E-state index is -0.233. The average Bonchev–Trinajstić information content (AvgIpc) is 3.10. The molecule has 0 radical (unpaired) electrons. The van der Waals surface area contributed by atoms with Crippen LogP contribution in [0.5, 0.6) is 0 Å². The van der Waals surface area contributed by atoms with Gasteiger partial charge in [0.2, 0.25) is 0 Å². The zero-order valence-corrected chi connectivity index (χ0v) is 16.2. The number of para-hydroxylation sites is 1. The molecule has 1 aliphatic heterocycles. The largest absolute Gasteiger partial charge is 0.347 e. The van der Waals surface area contributed by atoms with Crippen molar-refractivity contribution in [3.8, 4) is 5.69 Å². The van der Waals surface area contributed by atoms with Gasteiger partial charge in [0.25, 0.3) is 5.91 Å². The Morgan fingerprint density at radius 3 is 2.41 bits per heavy atom. The van der Waals surface area contributed by atoms with Crippen LogP contribution in [0.3, 0.4) is 0 Å². The molecule has 1 N–H and O–H groups in total. The van der Waals surface area contributed by atoms with Gasteiger partial charge < -0.3 is 4.90 Å². The average molecular weight is 427 g/mol. The number of nitrogens with zero attached hydrogens (tertiary/aromatic N) is 3. The highest BCUT2D eigenvalue weighted by atomic mass is 79.9. The molecule has 1 aliphatic rings. The molecule has 2 aromatic carbocycles. The Kier molecular flexibility index (Phi) is 4.94. The number of nitrogens with one attached hydrogen (secondary N) is 1. The summed E-state index contributed by atoms with van der Waals surface area (Å²) in [5.74, 6) is 0.898. The number of rotatable bonds is 3. The van der Waals surface area contributed by atoms with Crippen LogP contribution in [0.4, 0.5) is 0 Å². The van der Waals surface area contributed by atoms with E-state index < -0.39 is 0 Å². The molecule has 0 spiro atoms. The normalized spacial score (nSPS) is 15.1. The van der Waals surface area contributed by atoms with Crippen molar-refractivity contribution >= 4 is 21.8 Å². The number of carbonyl (C=O) groups excluding carboxylic acids is 1. The van der Waals surface area contributed by atoms with Crippen molar-refractivity contribution in [1.29, 1.82) is 0 Å². The molecule has 27 heavy (non-hydrogen) atoms. The number of halogens is 1. The van der Waals surface area contributed by atoms with E-state index >= 15 is 0 Å². The van der Waals surface area contributed by atoms with Crippen LogP contribution in [0.15, 0.2) is 63.9 Å². The Balaban J connectivity index is 1.52. The topological polar surface area (TPSA) is 71.0 Å². The van der Waals surface area contributed by atoms with Crippen LogP contribution in [0.25, 0.3) is 5.69 Å².